The van der Waals surface area contributed by atoms with Crippen molar-refractivity contribution in [3.05, 3.63) is 33.8 Å². The van der Waals surface area contributed by atoms with Gasteiger partial charge in [-0.2, -0.15) is 0 Å². The van der Waals surface area contributed by atoms with Crippen LogP contribution in [0.5, 0.6) is 0 Å². The van der Waals surface area contributed by atoms with Gasteiger partial charge in [0, 0.05) is 24.5 Å². The highest BCUT2D eigenvalue weighted by atomic mass is 79.9. The molecule has 0 spiro atoms. The number of carbonyl (C=O) groups excluding carboxylic acids is 1. The molecule has 1 atom stereocenters. The second-order valence-corrected chi connectivity index (χ2v) is 7.23. The van der Waals surface area contributed by atoms with Gasteiger partial charge in [0.25, 0.3) is 0 Å². The Morgan fingerprint density at radius 2 is 2.17 bits per heavy atom. The quantitative estimate of drug-likeness (QED) is 0.870. The Kier molecular flexibility index (Phi) is 4.47. The van der Waals surface area contributed by atoms with E-state index in [1.807, 2.05) is 18.2 Å². The first-order valence-corrected chi connectivity index (χ1v) is 8.59. The molecule has 0 saturated heterocycles. The van der Waals surface area contributed by atoms with Crippen molar-refractivity contribution in [2.75, 3.05) is 7.11 Å². The number of carboxylic acid groups (broad SMARTS) is 1. The Balaban J connectivity index is 1.85. The fourth-order valence-electron chi connectivity index (χ4n) is 3.46. The van der Waals surface area contributed by atoms with E-state index in [4.69, 9.17) is 4.74 Å². The lowest BCUT2D eigenvalue weighted by Crippen LogP contribution is -2.52. The van der Waals surface area contributed by atoms with Gasteiger partial charge in [0.05, 0.1) is 12.0 Å². The van der Waals surface area contributed by atoms with Crippen LogP contribution >= 0.6 is 15.9 Å². The molecule has 1 aliphatic heterocycles. The summed E-state index contributed by atoms with van der Waals surface area (Å²) in [5, 5.41) is 9.56. The maximum absolute atomic E-state index is 12.7. The van der Waals surface area contributed by atoms with Crippen LogP contribution in [0.1, 0.15) is 36.8 Å². The molecule has 1 N–H and O–H groups in total. The Hall–Kier alpha value is -1.40. The van der Waals surface area contributed by atoms with E-state index in [1.165, 1.54) is 4.90 Å². The SMILES string of the molecule is COC1(CC(=O)N2Cc3cccc(Br)c3CC2C(=O)O)CCC1. The van der Waals surface area contributed by atoms with E-state index in [-0.39, 0.29) is 12.3 Å². The zero-order chi connectivity index (χ0) is 16.6. The van der Waals surface area contributed by atoms with Crippen LogP contribution in [0.25, 0.3) is 0 Å². The number of rotatable bonds is 4. The molecule has 6 heteroatoms. The number of ether oxygens (including phenoxy) is 1. The van der Waals surface area contributed by atoms with Crippen LogP contribution in [0.3, 0.4) is 0 Å². The highest BCUT2D eigenvalue weighted by Gasteiger charge is 2.43. The van der Waals surface area contributed by atoms with Gasteiger partial charge in [0.2, 0.25) is 5.91 Å². The molecule has 1 fully saturated rings. The largest absolute Gasteiger partial charge is 0.480 e. The van der Waals surface area contributed by atoms with Crippen molar-refractivity contribution in [2.45, 2.75) is 50.3 Å². The smallest absolute Gasteiger partial charge is 0.326 e. The molecule has 1 aromatic carbocycles. The summed E-state index contributed by atoms with van der Waals surface area (Å²) in [6.45, 7) is 0.338. The van der Waals surface area contributed by atoms with Crippen molar-refractivity contribution in [1.82, 2.24) is 4.90 Å². The number of carboxylic acids is 1. The van der Waals surface area contributed by atoms with Gasteiger partial charge in [0.15, 0.2) is 0 Å². The molecule has 1 heterocycles. The standard InChI is InChI=1S/C17H20BrNO4/c1-23-17(6-3-7-17)9-15(20)19-10-11-4-2-5-13(18)12(11)8-14(19)16(21)22/h2,4-5,14H,3,6-10H2,1H3,(H,21,22). The van der Waals surface area contributed by atoms with Crippen molar-refractivity contribution in [3.63, 3.8) is 0 Å². The van der Waals surface area contributed by atoms with Gasteiger partial charge in [-0.25, -0.2) is 4.79 Å². The van der Waals surface area contributed by atoms with E-state index < -0.39 is 17.6 Å². The minimum atomic E-state index is -0.958. The summed E-state index contributed by atoms with van der Waals surface area (Å²) in [6, 6.07) is 4.95. The van der Waals surface area contributed by atoms with Crippen molar-refractivity contribution >= 4 is 27.8 Å². The van der Waals surface area contributed by atoms with E-state index in [1.54, 1.807) is 7.11 Å². The molecule has 3 rings (SSSR count). The van der Waals surface area contributed by atoms with Crippen LogP contribution in [0.4, 0.5) is 0 Å². The normalized spacial score (nSPS) is 22.2. The van der Waals surface area contributed by atoms with E-state index in [9.17, 15) is 14.7 Å². The molecule has 1 aromatic rings. The first-order chi connectivity index (χ1) is 11.0. The van der Waals surface area contributed by atoms with Crippen LogP contribution < -0.4 is 0 Å². The van der Waals surface area contributed by atoms with E-state index in [0.717, 1.165) is 34.9 Å². The van der Waals surface area contributed by atoms with E-state index in [0.29, 0.717) is 13.0 Å². The molecule has 2 aliphatic rings. The molecule has 1 amide bonds. The van der Waals surface area contributed by atoms with Gasteiger partial charge in [0.1, 0.15) is 6.04 Å². The van der Waals surface area contributed by atoms with Gasteiger partial charge in [-0.3, -0.25) is 4.79 Å². The summed E-state index contributed by atoms with van der Waals surface area (Å²) >= 11 is 3.48. The fourth-order valence-corrected chi connectivity index (χ4v) is 4.03. The number of benzene rings is 1. The number of halogens is 1. The van der Waals surface area contributed by atoms with E-state index in [2.05, 4.69) is 15.9 Å². The van der Waals surface area contributed by atoms with Crippen molar-refractivity contribution in [1.29, 1.82) is 0 Å². The highest BCUT2D eigenvalue weighted by Crippen LogP contribution is 2.39. The van der Waals surface area contributed by atoms with Gasteiger partial charge in [-0.1, -0.05) is 28.1 Å². The van der Waals surface area contributed by atoms with Crippen LogP contribution in [0, 0.1) is 0 Å². The average molecular weight is 382 g/mol. The number of nitrogens with zero attached hydrogens (tertiary/aromatic N) is 1. The van der Waals surface area contributed by atoms with Crippen molar-refractivity contribution in [3.8, 4) is 0 Å². The van der Waals surface area contributed by atoms with Crippen LogP contribution in [0.2, 0.25) is 0 Å². The monoisotopic (exact) mass is 381 g/mol. The maximum Gasteiger partial charge on any atom is 0.326 e. The van der Waals surface area contributed by atoms with Gasteiger partial charge in [-0.05, 0) is 36.5 Å². The number of hydrogen-bond donors (Lipinski definition) is 1. The molecule has 0 radical (unpaired) electrons. The van der Waals surface area contributed by atoms with Gasteiger partial charge < -0.3 is 14.7 Å². The number of aliphatic carboxylic acids is 1. The average Bonchev–Trinajstić information content (AvgIpc) is 2.50. The summed E-state index contributed by atoms with van der Waals surface area (Å²) < 4.78 is 6.42. The van der Waals surface area contributed by atoms with Crippen LogP contribution in [0.15, 0.2) is 22.7 Å². The van der Waals surface area contributed by atoms with Gasteiger partial charge >= 0.3 is 5.97 Å². The zero-order valence-electron chi connectivity index (χ0n) is 13.0. The van der Waals surface area contributed by atoms with Crippen molar-refractivity contribution in [2.24, 2.45) is 0 Å². The third-order valence-electron chi connectivity index (χ3n) is 5.11. The molecular formula is C17H20BrNO4. The first-order valence-electron chi connectivity index (χ1n) is 7.79. The molecule has 124 valence electrons. The molecule has 1 aliphatic carbocycles. The minimum absolute atomic E-state index is 0.135. The summed E-state index contributed by atoms with van der Waals surface area (Å²) in [4.78, 5) is 25.9. The number of methoxy groups -OCH3 is 1. The molecule has 0 aromatic heterocycles. The maximum atomic E-state index is 12.7. The van der Waals surface area contributed by atoms with Crippen LogP contribution in [-0.4, -0.2) is 40.6 Å². The summed E-state index contributed by atoms with van der Waals surface area (Å²) in [5.41, 5.74) is 1.59. The Labute approximate surface area is 143 Å². The molecular weight excluding hydrogens is 362 g/mol. The van der Waals surface area contributed by atoms with Gasteiger partial charge in [-0.15, -0.1) is 0 Å². The molecule has 23 heavy (non-hydrogen) atoms. The Morgan fingerprint density at radius 1 is 1.43 bits per heavy atom. The lowest BCUT2D eigenvalue weighted by Gasteiger charge is -2.42. The lowest BCUT2D eigenvalue weighted by atomic mass is 9.77. The predicted octanol–water partition coefficient (Wildman–Crippen LogP) is 2.75. The lowest BCUT2D eigenvalue weighted by molar-refractivity contribution is -0.157. The number of hydrogen-bond acceptors (Lipinski definition) is 3. The molecule has 5 nitrogen and oxygen atoms in total. The summed E-state index contributed by atoms with van der Waals surface area (Å²) in [5.74, 6) is -1.09. The second kappa shape index (κ2) is 6.24. The van der Waals surface area contributed by atoms with Crippen molar-refractivity contribution < 1.29 is 19.4 Å². The Bertz CT molecular complexity index is 636. The predicted molar refractivity (Wildman–Crippen MR) is 88.0 cm³/mol. The minimum Gasteiger partial charge on any atom is -0.480 e. The molecule has 1 saturated carbocycles. The second-order valence-electron chi connectivity index (χ2n) is 6.37. The summed E-state index contributed by atoms with van der Waals surface area (Å²) in [7, 11) is 1.63. The zero-order valence-corrected chi connectivity index (χ0v) is 14.6. The summed E-state index contributed by atoms with van der Waals surface area (Å²) in [6.07, 6.45) is 3.37. The van der Waals surface area contributed by atoms with Crippen LogP contribution in [-0.2, 0) is 27.3 Å². The topological polar surface area (TPSA) is 66.8 Å². The third-order valence-corrected chi connectivity index (χ3v) is 5.85. The fraction of sp³-hybridized carbons (Fsp3) is 0.529. The number of fused-ring (bicyclic) bond motifs is 1. The third kappa shape index (κ3) is 3.02. The number of amides is 1. The Morgan fingerprint density at radius 3 is 2.74 bits per heavy atom. The molecule has 0 bridgehead atoms. The first kappa shape index (κ1) is 16.5. The highest BCUT2D eigenvalue weighted by molar-refractivity contribution is 9.10. The molecule has 1 unspecified atom stereocenters. The number of carbonyl (C=O) groups is 2. The van der Waals surface area contributed by atoms with E-state index >= 15 is 0 Å².